The number of halogens is 2. The van der Waals surface area contributed by atoms with Gasteiger partial charge in [-0.3, -0.25) is 4.79 Å². The first-order valence-corrected chi connectivity index (χ1v) is 9.00. The Morgan fingerprint density at radius 2 is 2.26 bits per heavy atom. The van der Waals surface area contributed by atoms with Gasteiger partial charge in [0.1, 0.15) is 5.54 Å². The molecule has 2 heterocycles. The molecule has 0 spiro atoms. The summed E-state index contributed by atoms with van der Waals surface area (Å²) in [6, 6.07) is 3.88. The lowest BCUT2D eigenvalue weighted by molar-refractivity contribution is -0.225. The fourth-order valence-electron chi connectivity index (χ4n) is 3.97. The van der Waals surface area contributed by atoms with E-state index in [1.165, 1.54) is 4.88 Å². The molecule has 1 aliphatic heterocycles. The quantitative estimate of drug-likeness (QED) is 0.845. The molecule has 0 radical (unpaired) electrons. The molecule has 1 aromatic rings. The maximum atomic E-state index is 12.7. The van der Waals surface area contributed by atoms with Crippen LogP contribution in [-0.4, -0.2) is 30.7 Å². The van der Waals surface area contributed by atoms with Crippen molar-refractivity contribution in [3.63, 3.8) is 0 Å². The van der Waals surface area contributed by atoms with Gasteiger partial charge in [0, 0.05) is 29.4 Å². The molecule has 2 fully saturated rings. The predicted molar refractivity (Wildman–Crippen MR) is 96.5 cm³/mol. The molecule has 130 valence electrons. The number of fused-ring (bicyclic) bond motifs is 1. The van der Waals surface area contributed by atoms with E-state index >= 15 is 0 Å². The van der Waals surface area contributed by atoms with E-state index in [9.17, 15) is 4.79 Å². The number of thiophene rings is 1. The molecule has 4 nitrogen and oxygen atoms in total. The average molecular weight is 379 g/mol. The highest BCUT2D eigenvalue weighted by Gasteiger charge is 2.70. The van der Waals surface area contributed by atoms with Crippen LogP contribution in [0.1, 0.15) is 31.6 Å². The van der Waals surface area contributed by atoms with Gasteiger partial charge in [0.25, 0.3) is 0 Å². The second-order valence-electron chi connectivity index (χ2n) is 6.84. The van der Waals surface area contributed by atoms with E-state index in [2.05, 4.69) is 5.32 Å². The number of nitrogens with one attached hydrogen (secondary N) is 1. The highest BCUT2D eigenvalue weighted by atomic mass is 35.5. The molecule has 2 aliphatic rings. The van der Waals surface area contributed by atoms with Gasteiger partial charge in [-0.25, -0.2) is 0 Å². The van der Waals surface area contributed by atoms with Crippen molar-refractivity contribution >= 4 is 41.3 Å². The zero-order chi connectivity index (χ0) is 16.0. The number of carbonyl (C=O) groups is 1. The number of rotatable bonds is 4. The van der Waals surface area contributed by atoms with Gasteiger partial charge < -0.3 is 15.8 Å². The molecule has 3 rings (SSSR count). The molecule has 1 saturated carbocycles. The Hall–Kier alpha value is -0.330. The van der Waals surface area contributed by atoms with Crippen LogP contribution in [-0.2, 0) is 16.0 Å². The minimum Gasteiger partial charge on any atom is -0.377 e. The second kappa shape index (κ2) is 6.89. The first-order chi connectivity index (χ1) is 10.4. The normalized spacial score (nSPS) is 31.5. The Morgan fingerprint density at radius 3 is 2.91 bits per heavy atom. The van der Waals surface area contributed by atoms with Gasteiger partial charge in [-0.15, -0.1) is 23.7 Å². The molecule has 7 heteroatoms. The molecule has 0 aromatic carbocycles. The lowest BCUT2D eigenvalue weighted by Crippen LogP contribution is -2.82. The fourth-order valence-corrected chi connectivity index (χ4v) is 5.06. The summed E-state index contributed by atoms with van der Waals surface area (Å²) < 4.78 is 6.62. The van der Waals surface area contributed by atoms with Crippen LogP contribution in [0.25, 0.3) is 0 Å². The van der Waals surface area contributed by atoms with Crippen molar-refractivity contribution in [3.8, 4) is 0 Å². The van der Waals surface area contributed by atoms with Crippen LogP contribution < -0.4 is 11.1 Å². The molecule has 1 amide bonds. The Morgan fingerprint density at radius 1 is 1.52 bits per heavy atom. The average Bonchev–Trinajstić information content (AvgIpc) is 2.91. The predicted octanol–water partition coefficient (Wildman–Crippen LogP) is 3.01. The topological polar surface area (TPSA) is 64.3 Å². The van der Waals surface area contributed by atoms with E-state index in [1.54, 1.807) is 11.3 Å². The SMILES string of the molecule is CC1(C)C2OCCCC2C1(N)C(=O)NCCc1ccc(Cl)s1.Cl. The molecule has 3 atom stereocenters. The van der Waals surface area contributed by atoms with Crippen molar-refractivity contribution in [2.24, 2.45) is 17.1 Å². The molecular formula is C16H24Cl2N2O2S. The maximum absolute atomic E-state index is 12.7. The van der Waals surface area contributed by atoms with Crippen LogP contribution in [0.2, 0.25) is 4.34 Å². The van der Waals surface area contributed by atoms with E-state index in [0.717, 1.165) is 30.2 Å². The number of hydrogen-bond donors (Lipinski definition) is 2. The largest absolute Gasteiger partial charge is 0.377 e. The van der Waals surface area contributed by atoms with Crippen LogP contribution in [0, 0.1) is 11.3 Å². The van der Waals surface area contributed by atoms with Gasteiger partial charge in [-0.1, -0.05) is 25.4 Å². The van der Waals surface area contributed by atoms with Crippen molar-refractivity contribution in [3.05, 3.63) is 21.3 Å². The third kappa shape index (κ3) is 3.02. The molecular weight excluding hydrogens is 355 g/mol. The maximum Gasteiger partial charge on any atom is 0.241 e. The lowest BCUT2D eigenvalue weighted by atomic mass is 9.46. The van der Waals surface area contributed by atoms with Gasteiger partial charge in [-0.05, 0) is 31.4 Å². The molecule has 1 aliphatic carbocycles. The Kier molecular flexibility index (Phi) is 5.69. The van der Waals surface area contributed by atoms with Gasteiger partial charge >= 0.3 is 0 Å². The number of amides is 1. The van der Waals surface area contributed by atoms with Crippen molar-refractivity contribution in [1.82, 2.24) is 5.32 Å². The monoisotopic (exact) mass is 378 g/mol. The lowest BCUT2D eigenvalue weighted by Gasteiger charge is -2.65. The molecule has 1 saturated heterocycles. The highest BCUT2D eigenvalue weighted by molar-refractivity contribution is 7.16. The number of ether oxygens (including phenoxy) is 1. The standard InChI is InChI=1S/C16H23ClN2O2S.ClH/c1-15(2)13-11(4-3-9-21-13)16(15,18)14(20)19-8-7-10-5-6-12(17)22-10;/h5-6,11,13H,3-4,7-9,18H2,1-2H3,(H,19,20);1H. The van der Waals surface area contributed by atoms with Crippen LogP contribution in [0.5, 0.6) is 0 Å². The van der Waals surface area contributed by atoms with Crippen LogP contribution in [0.4, 0.5) is 0 Å². The summed E-state index contributed by atoms with van der Waals surface area (Å²) in [5.74, 6) is 0.0827. The third-order valence-electron chi connectivity index (χ3n) is 5.35. The molecule has 0 bridgehead atoms. The van der Waals surface area contributed by atoms with Gasteiger partial charge in [0.2, 0.25) is 5.91 Å². The highest BCUT2D eigenvalue weighted by Crippen LogP contribution is 2.57. The van der Waals surface area contributed by atoms with Crippen LogP contribution >= 0.6 is 35.3 Å². The van der Waals surface area contributed by atoms with E-state index in [4.69, 9.17) is 22.1 Å². The minimum atomic E-state index is -0.828. The minimum absolute atomic E-state index is 0. The third-order valence-corrected chi connectivity index (χ3v) is 6.64. The summed E-state index contributed by atoms with van der Waals surface area (Å²) in [6.07, 6.45) is 2.84. The van der Waals surface area contributed by atoms with Crippen LogP contribution in [0.15, 0.2) is 12.1 Å². The number of hydrogen-bond acceptors (Lipinski definition) is 4. The summed E-state index contributed by atoms with van der Waals surface area (Å²) in [4.78, 5) is 13.9. The summed E-state index contributed by atoms with van der Waals surface area (Å²) >= 11 is 7.46. The smallest absolute Gasteiger partial charge is 0.241 e. The van der Waals surface area contributed by atoms with Gasteiger partial charge in [0.05, 0.1) is 10.4 Å². The second-order valence-corrected chi connectivity index (χ2v) is 8.64. The zero-order valence-corrected chi connectivity index (χ0v) is 15.8. The summed E-state index contributed by atoms with van der Waals surface area (Å²) in [7, 11) is 0. The van der Waals surface area contributed by atoms with Crippen molar-refractivity contribution in [2.45, 2.75) is 44.8 Å². The van der Waals surface area contributed by atoms with E-state index in [0.29, 0.717) is 6.54 Å². The van der Waals surface area contributed by atoms with Crippen molar-refractivity contribution in [1.29, 1.82) is 0 Å². The first-order valence-electron chi connectivity index (χ1n) is 7.80. The summed E-state index contributed by atoms with van der Waals surface area (Å²) in [6.45, 7) is 5.45. The summed E-state index contributed by atoms with van der Waals surface area (Å²) in [5.41, 5.74) is 5.40. The van der Waals surface area contributed by atoms with Gasteiger partial charge in [-0.2, -0.15) is 0 Å². The van der Waals surface area contributed by atoms with E-state index in [1.807, 2.05) is 26.0 Å². The number of nitrogens with two attached hydrogens (primary N) is 1. The van der Waals surface area contributed by atoms with Crippen LogP contribution in [0.3, 0.4) is 0 Å². The van der Waals surface area contributed by atoms with Crippen molar-refractivity contribution in [2.75, 3.05) is 13.2 Å². The summed E-state index contributed by atoms with van der Waals surface area (Å²) in [5, 5.41) is 3.02. The Balaban J connectivity index is 0.00000192. The zero-order valence-electron chi connectivity index (χ0n) is 13.4. The molecule has 3 unspecified atom stereocenters. The van der Waals surface area contributed by atoms with E-state index in [-0.39, 0.29) is 35.8 Å². The Bertz CT molecular complexity index is 578. The van der Waals surface area contributed by atoms with E-state index < -0.39 is 5.54 Å². The molecule has 3 N–H and O–H groups in total. The number of carbonyl (C=O) groups excluding carboxylic acids is 1. The molecule has 23 heavy (non-hydrogen) atoms. The van der Waals surface area contributed by atoms with Crippen molar-refractivity contribution < 1.29 is 9.53 Å². The molecule has 1 aromatic heterocycles. The Labute approximate surface area is 152 Å². The first kappa shape index (κ1) is 19.0. The van der Waals surface area contributed by atoms with Gasteiger partial charge in [0.15, 0.2) is 0 Å². The fraction of sp³-hybridized carbons (Fsp3) is 0.688.